The van der Waals surface area contributed by atoms with Gasteiger partial charge in [0.15, 0.2) is 0 Å². The van der Waals surface area contributed by atoms with Crippen LogP contribution in [0.15, 0.2) is 66.9 Å². The first kappa shape index (κ1) is 20.0. The highest BCUT2D eigenvalue weighted by Crippen LogP contribution is 2.45. The largest absolute Gasteiger partial charge is 0.496 e. The fourth-order valence-electron chi connectivity index (χ4n) is 4.23. The molecule has 5 heteroatoms. The van der Waals surface area contributed by atoms with Gasteiger partial charge in [-0.05, 0) is 42.3 Å². The molecule has 1 fully saturated rings. The zero-order valence-corrected chi connectivity index (χ0v) is 17.5. The second-order valence-electron chi connectivity index (χ2n) is 7.61. The molecule has 2 unspecified atom stereocenters. The van der Waals surface area contributed by atoms with Crippen LogP contribution < -0.4 is 9.47 Å². The maximum absolute atomic E-state index is 13.1. The van der Waals surface area contributed by atoms with Gasteiger partial charge in [0.1, 0.15) is 11.5 Å². The maximum atomic E-state index is 13.1. The minimum Gasteiger partial charge on any atom is -0.496 e. The molecule has 2 heterocycles. The van der Waals surface area contributed by atoms with E-state index in [1.54, 1.807) is 20.4 Å². The molecule has 2 atom stereocenters. The molecule has 1 aliphatic rings. The van der Waals surface area contributed by atoms with Crippen molar-refractivity contribution in [3.05, 3.63) is 78.0 Å². The molecule has 1 saturated heterocycles. The maximum Gasteiger partial charge on any atom is 0.226 e. The molecule has 1 aromatic heterocycles. The number of methoxy groups -OCH3 is 2. The van der Waals surface area contributed by atoms with Crippen molar-refractivity contribution in [2.24, 2.45) is 5.92 Å². The van der Waals surface area contributed by atoms with Crippen molar-refractivity contribution in [2.75, 3.05) is 14.2 Å². The van der Waals surface area contributed by atoms with Gasteiger partial charge in [0, 0.05) is 24.2 Å². The third-order valence-electron chi connectivity index (χ3n) is 5.70. The number of rotatable bonds is 6. The summed E-state index contributed by atoms with van der Waals surface area (Å²) < 4.78 is 11.2. The van der Waals surface area contributed by atoms with Crippen molar-refractivity contribution in [1.82, 2.24) is 9.88 Å². The Bertz CT molecular complexity index is 1010. The summed E-state index contributed by atoms with van der Waals surface area (Å²) in [5.74, 6) is 1.58. The van der Waals surface area contributed by atoms with Gasteiger partial charge in [-0.15, -0.1) is 0 Å². The molecule has 3 aromatic rings. The molecule has 2 aromatic carbocycles. The predicted octanol–water partition coefficient (Wildman–Crippen LogP) is 4.88. The summed E-state index contributed by atoms with van der Waals surface area (Å²) in [6, 6.07) is 19.7. The van der Waals surface area contributed by atoms with Crippen LogP contribution in [0.3, 0.4) is 0 Å². The van der Waals surface area contributed by atoms with E-state index in [1.807, 2.05) is 60.4 Å². The summed E-state index contributed by atoms with van der Waals surface area (Å²) in [5.41, 5.74) is 3.96. The van der Waals surface area contributed by atoms with Crippen LogP contribution in [-0.2, 0) is 11.3 Å². The number of pyridine rings is 1. The van der Waals surface area contributed by atoms with Gasteiger partial charge < -0.3 is 14.4 Å². The third-order valence-corrected chi connectivity index (χ3v) is 5.70. The molecular weight excluding hydrogens is 376 g/mol. The Morgan fingerprint density at radius 2 is 1.73 bits per heavy atom. The van der Waals surface area contributed by atoms with Gasteiger partial charge in [-0.3, -0.25) is 9.78 Å². The number of likely N-dealkylation sites (tertiary alicyclic amines) is 1. The smallest absolute Gasteiger partial charge is 0.226 e. The van der Waals surface area contributed by atoms with Crippen molar-refractivity contribution >= 4 is 5.91 Å². The van der Waals surface area contributed by atoms with Crippen LogP contribution in [0.2, 0.25) is 0 Å². The van der Waals surface area contributed by atoms with Gasteiger partial charge in [-0.2, -0.15) is 0 Å². The van der Waals surface area contributed by atoms with Gasteiger partial charge >= 0.3 is 0 Å². The minimum atomic E-state index is -0.0999. The summed E-state index contributed by atoms with van der Waals surface area (Å²) in [6.45, 7) is 2.51. The molecule has 1 amide bonds. The highest BCUT2D eigenvalue weighted by molar-refractivity contribution is 5.82. The number of aromatic nitrogens is 1. The summed E-state index contributed by atoms with van der Waals surface area (Å²) in [6.07, 6.45) is 2.52. The summed E-state index contributed by atoms with van der Waals surface area (Å²) in [5, 5.41) is 0. The van der Waals surface area contributed by atoms with Gasteiger partial charge in [0.25, 0.3) is 0 Å². The fraction of sp³-hybridized carbons (Fsp3) is 0.280. The molecule has 0 aliphatic carbocycles. The van der Waals surface area contributed by atoms with Crippen LogP contribution >= 0.6 is 0 Å². The molecule has 5 nitrogen and oxygen atoms in total. The van der Waals surface area contributed by atoms with E-state index < -0.39 is 0 Å². The standard InChI is InChI=1S/C25H26N2O3/c1-17-14-21(24-22(29-2)11-7-12-23(24)30-3)27(25(17)28)16-18-8-6-9-19(15-18)20-10-4-5-13-26-20/h4-13,15,17,21H,14,16H2,1-3H3. The van der Waals surface area contributed by atoms with Crippen LogP contribution in [0.5, 0.6) is 11.5 Å². The molecule has 0 saturated carbocycles. The highest BCUT2D eigenvalue weighted by atomic mass is 16.5. The van der Waals surface area contributed by atoms with E-state index in [0.29, 0.717) is 6.54 Å². The topological polar surface area (TPSA) is 51.7 Å². The number of carbonyl (C=O) groups excluding carboxylic acids is 1. The Hall–Kier alpha value is -3.34. The van der Waals surface area contributed by atoms with Crippen molar-refractivity contribution in [3.8, 4) is 22.8 Å². The van der Waals surface area contributed by atoms with Crippen LogP contribution in [-0.4, -0.2) is 30.0 Å². The summed E-state index contributed by atoms with van der Waals surface area (Å²) in [7, 11) is 3.30. The van der Waals surface area contributed by atoms with E-state index >= 15 is 0 Å². The predicted molar refractivity (Wildman–Crippen MR) is 116 cm³/mol. The lowest BCUT2D eigenvalue weighted by atomic mass is 9.98. The first-order valence-corrected chi connectivity index (χ1v) is 10.1. The molecule has 0 N–H and O–H groups in total. The van der Waals surface area contributed by atoms with E-state index in [1.165, 1.54) is 0 Å². The zero-order chi connectivity index (χ0) is 21.1. The highest BCUT2D eigenvalue weighted by Gasteiger charge is 2.40. The number of hydrogen-bond donors (Lipinski definition) is 0. The van der Waals surface area contributed by atoms with E-state index in [9.17, 15) is 4.79 Å². The first-order valence-electron chi connectivity index (χ1n) is 10.1. The van der Waals surface area contributed by atoms with Crippen LogP contribution in [0.1, 0.15) is 30.5 Å². The van der Waals surface area contributed by atoms with Crippen molar-refractivity contribution in [3.63, 3.8) is 0 Å². The third kappa shape index (κ3) is 3.75. The van der Waals surface area contributed by atoms with E-state index in [2.05, 4.69) is 17.1 Å². The van der Waals surface area contributed by atoms with Gasteiger partial charge in [0.05, 0.1) is 31.5 Å². The van der Waals surface area contributed by atoms with Crippen molar-refractivity contribution in [1.29, 1.82) is 0 Å². The summed E-state index contributed by atoms with van der Waals surface area (Å²) in [4.78, 5) is 19.5. The molecule has 30 heavy (non-hydrogen) atoms. The van der Waals surface area contributed by atoms with E-state index in [0.717, 1.165) is 40.3 Å². The molecule has 154 valence electrons. The zero-order valence-electron chi connectivity index (χ0n) is 17.5. The first-order chi connectivity index (χ1) is 14.6. The Morgan fingerprint density at radius 1 is 1.00 bits per heavy atom. The number of nitrogens with zero attached hydrogens (tertiary/aromatic N) is 2. The number of benzene rings is 2. The lowest BCUT2D eigenvalue weighted by Gasteiger charge is -2.28. The Kier molecular flexibility index (Phi) is 5.70. The number of amides is 1. The number of ether oxygens (including phenoxy) is 2. The Morgan fingerprint density at radius 3 is 2.40 bits per heavy atom. The second-order valence-corrected chi connectivity index (χ2v) is 7.61. The van der Waals surface area contributed by atoms with Crippen LogP contribution in [0.4, 0.5) is 0 Å². The average molecular weight is 402 g/mol. The number of carbonyl (C=O) groups is 1. The lowest BCUT2D eigenvalue weighted by molar-refractivity contribution is -0.132. The lowest BCUT2D eigenvalue weighted by Crippen LogP contribution is -2.29. The SMILES string of the molecule is COc1cccc(OC)c1C1CC(C)C(=O)N1Cc1cccc(-c2ccccn2)c1. The Labute approximate surface area is 177 Å². The van der Waals surface area contributed by atoms with Gasteiger partial charge in [0.2, 0.25) is 5.91 Å². The normalized spacial score (nSPS) is 18.5. The quantitative estimate of drug-likeness (QED) is 0.590. The Balaban J connectivity index is 1.69. The summed E-state index contributed by atoms with van der Waals surface area (Å²) >= 11 is 0. The van der Waals surface area contributed by atoms with Crippen molar-refractivity contribution in [2.45, 2.75) is 25.9 Å². The van der Waals surface area contributed by atoms with Gasteiger partial charge in [-0.1, -0.05) is 37.3 Å². The molecule has 4 rings (SSSR count). The van der Waals surface area contributed by atoms with Crippen molar-refractivity contribution < 1.29 is 14.3 Å². The van der Waals surface area contributed by atoms with Crippen LogP contribution in [0.25, 0.3) is 11.3 Å². The average Bonchev–Trinajstić information content (AvgIpc) is 3.07. The second kappa shape index (κ2) is 8.57. The van der Waals surface area contributed by atoms with Crippen LogP contribution in [0, 0.1) is 5.92 Å². The molecule has 0 bridgehead atoms. The van der Waals surface area contributed by atoms with Gasteiger partial charge in [-0.25, -0.2) is 0 Å². The monoisotopic (exact) mass is 402 g/mol. The molecular formula is C25H26N2O3. The molecule has 1 aliphatic heterocycles. The fourth-order valence-corrected chi connectivity index (χ4v) is 4.23. The van der Waals surface area contributed by atoms with E-state index in [4.69, 9.17) is 9.47 Å². The minimum absolute atomic E-state index is 0.0522. The number of hydrogen-bond acceptors (Lipinski definition) is 4. The molecule has 0 spiro atoms. The molecule has 0 radical (unpaired) electrons. The van der Waals surface area contributed by atoms with E-state index in [-0.39, 0.29) is 17.9 Å².